The molecule has 0 aliphatic carbocycles. The van der Waals surface area contributed by atoms with Crippen molar-refractivity contribution in [2.24, 2.45) is 5.73 Å². The normalized spacial score (nSPS) is 21.8. The molecule has 108 valence electrons. The lowest BCUT2D eigenvalue weighted by molar-refractivity contribution is 0.0523. The van der Waals surface area contributed by atoms with E-state index in [0.717, 1.165) is 11.3 Å². The molecule has 1 aromatic carbocycles. The molecule has 0 aromatic heterocycles. The molecule has 0 spiro atoms. The Morgan fingerprint density at radius 2 is 2.15 bits per heavy atom. The second kappa shape index (κ2) is 5.21. The van der Waals surface area contributed by atoms with Crippen molar-refractivity contribution in [1.29, 1.82) is 0 Å². The average Bonchev–Trinajstić information content (AvgIpc) is 2.65. The molecule has 0 amide bonds. The number of fused-ring (bicyclic) bond motifs is 1. The average molecular weight is 274 g/mol. The Morgan fingerprint density at radius 1 is 1.50 bits per heavy atom. The summed E-state index contributed by atoms with van der Waals surface area (Å²) in [5.41, 5.74) is 6.91. The third-order valence-corrected chi connectivity index (χ3v) is 3.62. The molecule has 1 heterocycles. The van der Waals surface area contributed by atoms with Gasteiger partial charge < -0.3 is 20.5 Å². The molecule has 1 aliphatic heterocycles. The van der Waals surface area contributed by atoms with Gasteiger partial charge in [-0.1, -0.05) is 24.8 Å². The summed E-state index contributed by atoms with van der Waals surface area (Å²) >= 11 is 0. The van der Waals surface area contributed by atoms with Gasteiger partial charge in [-0.15, -0.1) is 0 Å². The summed E-state index contributed by atoms with van der Waals surface area (Å²) in [4.78, 5) is 1.89. The Hall–Kier alpha value is -1.94. The van der Waals surface area contributed by atoms with Crippen molar-refractivity contribution in [3.8, 4) is 5.75 Å². The highest BCUT2D eigenvalue weighted by atomic mass is 16.5. The number of hydrogen-bond acceptors (Lipinski definition) is 4. The molecule has 0 radical (unpaired) electrons. The standard InChI is InChI=1S/C16H22N2O2/c1-5-18(13(10-17)11(2)19)15-12-8-6-7-9-14(12)20-16(15,3)4/h5-11,15,19H,1,17H2,2-4H3/b13-10-. The van der Waals surface area contributed by atoms with E-state index < -0.39 is 11.7 Å². The Labute approximate surface area is 120 Å². The number of hydrogen-bond donors (Lipinski definition) is 2. The molecular weight excluding hydrogens is 252 g/mol. The van der Waals surface area contributed by atoms with Gasteiger partial charge in [0.2, 0.25) is 0 Å². The highest BCUT2D eigenvalue weighted by Gasteiger charge is 2.44. The molecule has 4 heteroatoms. The molecule has 0 saturated carbocycles. The first kappa shape index (κ1) is 14.5. The summed E-state index contributed by atoms with van der Waals surface area (Å²) in [7, 11) is 0. The van der Waals surface area contributed by atoms with E-state index in [1.165, 1.54) is 6.20 Å². The second-order valence-electron chi connectivity index (χ2n) is 5.50. The van der Waals surface area contributed by atoms with E-state index in [1.807, 2.05) is 43.0 Å². The van der Waals surface area contributed by atoms with Gasteiger partial charge in [-0.25, -0.2) is 0 Å². The topological polar surface area (TPSA) is 58.7 Å². The fourth-order valence-corrected chi connectivity index (χ4v) is 2.80. The SMILES string of the molecule is C=CN(/C(=C\N)C(C)O)C1c2ccccc2OC1(C)C. The largest absolute Gasteiger partial charge is 0.485 e. The summed E-state index contributed by atoms with van der Waals surface area (Å²) in [5, 5.41) is 9.91. The van der Waals surface area contributed by atoms with Crippen LogP contribution in [0.3, 0.4) is 0 Å². The number of benzene rings is 1. The molecule has 2 atom stereocenters. The van der Waals surface area contributed by atoms with Gasteiger partial charge in [0.25, 0.3) is 0 Å². The molecule has 2 unspecified atom stereocenters. The molecule has 0 bridgehead atoms. The third-order valence-electron chi connectivity index (χ3n) is 3.62. The van der Waals surface area contributed by atoms with E-state index in [0.29, 0.717) is 5.70 Å². The fraction of sp³-hybridized carbons (Fsp3) is 0.375. The van der Waals surface area contributed by atoms with E-state index in [2.05, 4.69) is 6.58 Å². The van der Waals surface area contributed by atoms with Crippen molar-refractivity contribution < 1.29 is 9.84 Å². The van der Waals surface area contributed by atoms with Crippen LogP contribution in [0.25, 0.3) is 0 Å². The Bertz CT molecular complexity index is 535. The van der Waals surface area contributed by atoms with Crippen LogP contribution < -0.4 is 10.5 Å². The van der Waals surface area contributed by atoms with Crippen LogP contribution in [0.2, 0.25) is 0 Å². The number of nitrogens with zero attached hydrogens (tertiary/aromatic N) is 1. The van der Waals surface area contributed by atoms with Crippen LogP contribution in [-0.4, -0.2) is 21.7 Å². The highest BCUT2D eigenvalue weighted by molar-refractivity contribution is 5.43. The molecule has 2 rings (SSSR count). The number of rotatable bonds is 4. The summed E-state index contributed by atoms with van der Waals surface area (Å²) in [6, 6.07) is 7.82. The lowest BCUT2D eigenvalue weighted by atomic mass is 9.92. The number of nitrogens with two attached hydrogens (primary N) is 1. The van der Waals surface area contributed by atoms with Crippen molar-refractivity contribution in [1.82, 2.24) is 4.90 Å². The minimum atomic E-state index is -0.679. The zero-order valence-corrected chi connectivity index (χ0v) is 12.2. The zero-order valence-electron chi connectivity index (χ0n) is 12.2. The predicted molar refractivity (Wildman–Crippen MR) is 79.9 cm³/mol. The second-order valence-corrected chi connectivity index (χ2v) is 5.50. The molecule has 20 heavy (non-hydrogen) atoms. The molecule has 0 saturated heterocycles. The lowest BCUT2D eigenvalue weighted by Gasteiger charge is -2.37. The van der Waals surface area contributed by atoms with Gasteiger partial charge >= 0.3 is 0 Å². The molecule has 1 aliphatic rings. The summed E-state index contributed by atoms with van der Waals surface area (Å²) < 4.78 is 6.02. The van der Waals surface area contributed by atoms with Gasteiger partial charge in [0.1, 0.15) is 17.4 Å². The third kappa shape index (κ3) is 2.27. The minimum absolute atomic E-state index is 0.0828. The van der Waals surface area contributed by atoms with Crippen LogP contribution in [0.4, 0.5) is 0 Å². The number of para-hydroxylation sites is 1. The number of aliphatic hydroxyl groups is 1. The van der Waals surface area contributed by atoms with Gasteiger partial charge in [-0.3, -0.25) is 0 Å². The van der Waals surface area contributed by atoms with Crippen LogP contribution in [-0.2, 0) is 0 Å². The minimum Gasteiger partial charge on any atom is -0.485 e. The van der Waals surface area contributed by atoms with E-state index >= 15 is 0 Å². The van der Waals surface area contributed by atoms with Crippen molar-refractivity contribution in [3.05, 3.63) is 54.5 Å². The summed E-state index contributed by atoms with van der Waals surface area (Å²) in [5.74, 6) is 0.858. The molecule has 0 fully saturated rings. The van der Waals surface area contributed by atoms with Crippen molar-refractivity contribution in [2.45, 2.75) is 38.5 Å². The maximum absolute atomic E-state index is 9.91. The Morgan fingerprint density at radius 3 is 2.70 bits per heavy atom. The van der Waals surface area contributed by atoms with Gasteiger partial charge in [-0.05, 0) is 33.0 Å². The Kier molecular flexibility index (Phi) is 3.77. The molecular formula is C16H22N2O2. The van der Waals surface area contributed by atoms with Crippen LogP contribution in [0, 0.1) is 0 Å². The van der Waals surface area contributed by atoms with E-state index in [9.17, 15) is 5.11 Å². The quantitative estimate of drug-likeness (QED) is 0.885. The van der Waals surface area contributed by atoms with Crippen LogP contribution >= 0.6 is 0 Å². The van der Waals surface area contributed by atoms with Gasteiger partial charge in [0, 0.05) is 11.8 Å². The van der Waals surface area contributed by atoms with Gasteiger partial charge in [0.05, 0.1) is 11.8 Å². The lowest BCUT2D eigenvalue weighted by Crippen LogP contribution is -2.41. The van der Waals surface area contributed by atoms with Crippen molar-refractivity contribution in [2.75, 3.05) is 0 Å². The van der Waals surface area contributed by atoms with Gasteiger partial charge in [-0.2, -0.15) is 0 Å². The number of ether oxygens (including phenoxy) is 1. The first-order valence-corrected chi connectivity index (χ1v) is 6.71. The van der Waals surface area contributed by atoms with Crippen LogP contribution in [0.5, 0.6) is 5.75 Å². The monoisotopic (exact) mass is 274 g/mol. The first-order chi connectivity index (χ1) is 9.42. The zero-order chi connectivity index (χ0) is 14.9. The maximum Gasteiger partial charge on any atom is 0.128 e. The number of aliphatic hydroxyl groups excluding tert-OH is 1. The van der Waals surface area contributed by atoms with E-state index in [4.69, 9.17) is 10.5 Å². The summed E-state index contributed by atoms with van der Waals surface area (Å²) in [6.45, 7) is 9.58. The first-order valence-electron chi connectivity index (χ1n) is 6.71. The smallest absolute Gasteiger partial charge is 0.128 e. The summed E-state index contributed by atoms with van der Waals surface area (Å²) in [6.07, 6.45) is 2.42. The molecule has 3 N–H and O–H groups in total. The fourth-order valence-electron chi connectivity index (χ4n) is 2.80. The molecule has 1 aromatic rings. The van der Waals surface area contributed by atoms with E-state index in [-0.39, 0.29) is 6.04 Å². The van der Waals surface area contributed by atoms with E-state index in [1.54, 1.807) is 13.1 Å². The Balaban J connectivity index is 2.51. The van der Waals surface area contributed by atoms with Crippen LogP contribution in [0.1, 0.15) is 32.4 Å². The maximum atomic E-state index is 9.91. The predicted octanol–water partition coefficient (Wildman–Crippen LogP) is 2.53. The van der Waals surface area contributed by atoms with Crippen molar-refractivity contribution >= 4 is 0 Å². The van der Waals surface area contributed by atoms with Crippen LogP contribution in [0.15, 0.2) is 48.9 Å². The highest BCUT2D eigenvalue weighted by Crippen LogP contribution is 2.47. The van der Waals surface area contributed by atoms with Crippen molar-refractivity contribution in [3.63, 3.8) is 0 Å². The molecule has 4 nitrogen and oxygen atoms in total. The van der Waals surface area contributed by atoms with Gasteiger partial charge in [0.15, 0.2) is 0 Å².